The topological polar surface area (TPSA) is 76.1 Å². The predicted molar refractivity (Wildman–Crippen MR) is 150 cm³/mol. The van der Waals surface area contributed by atoms with Crippen molar-refractivity contribution in [2.45, 2.75) is 13.1 Å². The number of nitrogens with two attached hydrogens (primary N) is 1. The zero-order valence-corrected chi connectivity index (χ0v) is 21.5. The number of hydrogen-bond acceptors (Lipinski definition) is 6. The van der Waals surface area contributed by atoms with E-state index >= 15 is 0 Å². The number of nitrogen functional groups attached to an aromatic ring is 1. The molecule has 1 fully saturated rings. The van der Waals surface area contributed by atoms with Gasteiger partial charge in [0.1, 0.15) is 11.6 Å². The standard InChI is InChI=1S/C29H27ClFN7/c30-22-12-10-21(11-13-22)18-36-14-16-37(17-15-36)29-33-26(23-8-4-5-9-24(23)31)25-27(32)38(35-28(25)34-29)19-20-6-2-1-3-7-20/h1-13H,14-19,32H2. The first kappa shape index (κ1) is 24.3. The lowest BCUT2D eigenvalue weighted by atomic mass is 10.1. The molecule has 0 unspecified atom stereocenters. The highest BCUT2D eigenvalue weighted by Gasteiger charge is 2.24. The Morgan fingerprint density at radius 2 is 1.47 bits per heavy atom. The summed E-state index contributed by atoms with van der Waals surface area (Å²) in [5.74, 6) is 0.592. The second-order valence-corrected chi connectivity index (χ2v) is 9.91. The van der Waals surface area contributed by atoms with E-state index < -0.39 is 0 Å². The molecule has 7 nitrogen and oxygen atoms in total. The molecule has 3 aromatic carbocycles. The van der Waals surface area contributed by atoms with Crippen molar-refractivity contribution in [2.75, 3.05) is 36.8 Å². The third-order valence-electron chi connectivity index (χ3n) is 6.91. The molecule has 0 bridgehead atoms. The van der Waals surface area contributed by atoms with Gasteiger partial charge in [-0.3, -0.25) is 4.90 Å². The smallest absolute Gasteiger partial charge is 0.228 e. The van der Waals surface area contributed by atoms with Crippen molar-refractivity contribution in [3.63, 3.8) is 0 Å². The van der Waals surface area contributed by atoms with Crippen LogP contribution in [0.1, 0.15) is 11.1 Å². The Labute approximate surface area is 225 Å². The highest BCUT2D eigenvalue weighted by molar-refractivity contribution is 6.30. The average Bonchev–Trinajstić information content (AvgIpc) is 3.25. The summed E-state index contributed by atoms with van der Waals surface area (Å²) < 4.78 is 16.7. The van der Waals surface area contributed by atoms with E-state index in [-0.39, 0.29) is 5.82 Å². The molecule has 1 saturated heterocycles. The van der Waals surface area contributed by atoms with Gasteiger partial charge in [-0.15, -0.1) is 5.10 Å². The maximum Gasteiger partial charge on any atom is 0.228 e. The lowest BCUT2D eigenvalue weighted by Gasteiger charge is -2.34. The molecule has 38 heavy (non-hydrogen) atoms. The van der Waals surface area contributed by atoms with Gasteiger partial charge in [0, 0.05) is 43.3 Å². The second-order valence-electron chi connectivity index (χ2n) is 9.47. The van der Waals surface area contributed by atoms with Gasteiger partial charge in [-0.2, -0.15) is 4.98 Å². The van der Waals surface area contributed by atoms with Crippen LogP contribution >= 0.6 is 11.6 Å². The Bertz CT molecular complexity index is 1560. The molecule has 1 aliphatic heterocycles. The molecule has 192 valence electrons. The molecule has 2 aromatic heterocycles. The van der Waals surface area contributed by atoms with Crippen LogP contribution in [0.15, 0.2) is 78.9 Å². The van der Waals surface area contributed by atoms with Crippen LogP contribution in [0.3, 0.4) is 0 Å². The Morgan fingerprint density at radius 1 is 0.789 bits per heavy atom. The van der Waals surface area contributed by atoms with E-state index in [1.807, 2.05) is 42.5 Å². The number of anilines is 2. The van der Waals surface area contributed by atoms with Crippen LogP contribution in [0.2, 0.25) is 5.02 Å². The predicted octanol–water partition coefficient (Wildman–Crippen LogP) is 5.24. The molecule has 9 heteroatoms. The van der Waals surface area contributed by atoms with Crippen molar-refractivity contribution in [1.82, 2.24) is 24.6 Å². The van der Waals surface area contributed by atoms with Crippen molar-refractivity contribution in [2.24, 2.45) is 0 Å². The third-order valence-corrected chi connectivity index (χ3v) is 7.16. The van der Waals surface area contributed by atoms with Crippen molar-refractivity contribution in [3.8, 4) is 11.3 Å². The molecule has 0 spiro atoms. The number of benzene rings is 3. The first-order chi connectivity index (χ1) is 18.5. The van der Waals surface area contributed by atoms with E-state index in [0.29, 0.717) is 40.6 Å². The summed E-state index contributed by atoms with van der Waals surface area (Å²) in [6, 6.07) is 24.5. The fourth-order valence-electron chi connectivity index (χ4n) is 4.86. The lowest BCUT2D eigenvalue weighted by molar-refractivity contribution is 0.249. The van der Waals surface area contributed by atoms with E-state index in [9.17, 15) is 4.39 Å². The number of hydrogen-bond donors (Lipinski definition) is 1. The zero-order valence-electron chi connectivity index (χ0n) is 20.8. The number of halogens is 2. The van der Waals surface area contributed by atoms with Gasteiger partial charge in [-0.25, -0.2) is 14.1 Å². The van der Waals surface area contributed by atoms with Crippen molar-refractivity contribution in [1.29, 1.82) is 0 Å². The summed E-state index contributed by atoms with van der Waals surface area (Å²) >= 11 is 6.03. The number of aromatic nitrogens is 4. The normalized spacial score (nSPS) is 14.3. The van der Waals surface area contributed by atoms with E-state index in [2.05, 4.69) is 21.9 Å². The Kier molecular flexibility index (Phi) is 6.66. The molecule has 3 heterocycles. The van der Waals surface area contributed by atoms with Crippen LogP contribution in [0, 0.1) is 5.82 Å². The lowest BCUT2D eigenvalue weighted by Crippen LogP contribution is -2.46. The molecule has 0 atom stereocenters. The van der Waals surface area contributed by atoms with Gasteiger partial charge in [-0.1, -0.05) is 66.2 Å². The number of nitrogens with zero attached hydrogens (tertiary/aromatic N) is 6. The molecule has 0 radical (unpaired) electrons. The summed E-state index contributed by atoms with van der Waals surface area (Å²) in [4.78, 5) is 14.2. The highest BCUT2D eigenvalue weighted by Crippen LogP contribution is 2.34. The minimum absolute atomic E-state index is 0.360. The van der Waals surface area contributed by atoms with Crippen LogP contribution < -0.4 is 10.6 Å². The van der Waals surface area contributed by atoms with Crippen LogP contribution in [-0.2, 0) is 13.1 Å². The van der Waals surface area contributed by atoms with Crippen LogP contribution in [0.4, 0.5) is 16.2 Å². The highest BCUT2D eigenvalue weighted by atomic mass is 35.5. The maximum absolute atomic E-state index is 15.0. The van der Waals surface area contributed by atoms with Gasteiger partial charge in [0.15, 0.2) is 5.65 Å². The Hall–Kier alpha value is -4.01. The van der Waals surface area contributed by atoms with E-state index in [1.54, 1.807) is 22.9 Å². The molecule has 1 aliphatic rings. The van der Waals surface area contributed by atoms with E-state index in [1.165, 1.54) is 11.6 Å². The average molecular weight is 528 g/mol. The quantitative estimate of drug-likeness (QED) is 0.325. The molecular weight excluding hydrogens is 501 g/mol. The second kappa shape index (κ2) is 10.4. The van der Waals surface area contributed by atoms with Gasteiger partial charge in [0.05, 0.1) is 17.6 Å². The summed E-state index contributed by atoms with van der Waals surface area (Å²) in [5.41, 5.74) is 10.2. The minimum atomic E-state index is -0.360. The fourth-order valence-corrected chi connectivity index (χ4v) is 4.99. The van der Waals surface area contributed by atoms with Crippen molar-refractivity contribution >= 4 is 34.4 Å². The molecule has 0 aliphatic carbocycles. The SMILES string of the molecule is Nc1c2c(-c3ccccc3F)nc(N3CCN(Cc4ccc(Cl)cc4)CC3)nc2nn1Cc1ccccc1. The Balaban J connectivity index is 1.32. The summed E-state index contributed by atoms with van der Waals surface area (Å²) in [6.45, 7) is 4.53. The van der Waals surface area contributed by atoms with Gasteiger partial charge in [-0.05, 0) is 35.4 Å². The minimum Gasteiger partial charge on any atom is -0.383 e. The monoisotopic (exact) mass is 527 g/mol. The van der Waals surface area contributed by atoms with Crippen LogP contribution in [-0.4, -0.2) is 50.8 Å². The first-order valence-electron chi connectivity index (χ1n) is 12.6. The summed E-state index contributed by atoms with van der Waals surface area (Å²) in [5, 5.41) is 6.03. The van der Waals surface area contributed by atoms with Gasteiger partial charge in [0.25, 0.3) is 0 Å². The molecule has 6 rings (SSSR count). The summed E-state index contributed by atoms with van der Waals surface area (Å²) in [7, 11) is 0. The van der Waals surface area contributed by atoms with Crippen LogP contribution in [0.25, 0.3) is 22.3 Å². The number of rotatable bonds is 6. The van der Waals surface area contributed by atoms with E-state index in [0.717, 1.165) is 43.3 Å². The third kappa shape index (κ3) is 4.92. The molecular formula is C29H27ClFN7. The van der Waals surface area contributed by atoms with E-state index in [4.69, 9.17) is 32.4 Å². The molecule has 5 aromatic rings. The number of piperazine rings is 1. The first-order valence-corrected chi connectivity index (χ1v) is 13.0. The fraction of sp³-hybridized carbons (Fsp3) is 0.207. The van der Waals surface area contributed by atoms with Crippen molar-refractivity contribution < 1.29 is 4.39 Å². The summed E-state index contributed by atoms with van der Waals surface area (Å²) in [6.07, 6.45) is 0. The number of fused-ring (bicyclic) bond motifs is 1. The van der Waals surface area contributed by atoms with Crippen molar-refractivity contribution in [3.05, 3.63) is 101 Å². The largest absolute Gasteiger partial charge is 0.383 e. The maximum atomic E-state index is 15.0. The van der Waals surface area contributed by atoms with Gasteiger partial charge in [0.2, 0.25) is 5.95 Å². The molecule has 2 N–H and O–H groups in total. The molecule has 0 amide bonds. The molecule has 0 saturated carbocycles. The van der Waals surface area contributed by atoms with Crippen LogP contribution in [0.5, 0.6) is 0 Å². The zero-order chi connectivity index (χ0) is 26.1. The Morgan fingerprint density at radius 3 is 2.21 bits per heavy atom. The van der Waals surface area contributed by atoms with Gasteiger partial charge >= 0.3 is 0 Å². The van der Waals surface area contributed by atoms with Gasteiger partial charge < -0.3 is 10.6 Å².